The molecular formula is C17H31IN6O2. The number of hydrogen-bond acceptors (Lipinski definition) is 5. The molecule has 2 N–H and O–H groups in total. The Morgan fingerprint density at radius 3 is 2.50 bits per heavy atom. The fourth-order valence-electron chi connectivity index (χ4n) is 2.99. The molecule has 0 amide bonds. The van der Waals surface area contributed by atoms with Crippen LogP contribution < -0.4 is 10.6 Å². The maximum Gasteiger partial charge on any atom is 0.308 e. The van der Waals surface area contributed by atoms with Crippen molar-refractivity contribution in [1.29, 1.82) is 0 Å². The first-order valence-electron chi connectivity index (χ1n) is 9.11. The molecule has 0 bridgehead atoms. The highest BCUT2D eigenvalue weighted by Crippen LogP contribution is 2.25. The lowest BCUT2D eigenvalue weighted by molar-refractivity contribution is -0.149. The summed E-state index contributed by atoms with van der Waals surface area (Å²) in [7, 11) is 1.94. The van der Waals surface area contributed by atoms with Crippen LogP contribution in [0.3, 0.4) is 0 Å². The Morgan fingerprint density at radius 1 is 1.27 bits per heavy atom. The number of esters is 1. The second-order valence-electron chi connectivity index (χ2n) is 6.36. The maximum absolute atomic E-state index is 11.8. The van der Waals surface area contributed by atoms with E-state index in [1.807, 2.05) is 32.4 Å². The third kappa shape index (κ3) is 6.40. The first-order chi connectivity index (χ1) is 12.0. The number of nitrogens with one attached hydrogen (secondary N) is 2. The van der Waals surface area contributed by atoms with E-state index in [1.54, 1.807) is 0 Å². The fraction of sp³-hybridized carbons (Fsp3) is 0.765. The van der Waals surface area contributed by atoms with Crippen LogP contribution in [-0.4, -0.2) is 45.9 Å². The van der Waals surface area contributed by atoms with Crippen LogP contribution in [0.15, 0.2) is 4.99 Å². The van der Waals surface area contributed by atoms with Gasteiger partial charge in [-0.15, -0.1) is 34.2 Å². The summed E-state index contributed by atoms with van der Waals surface area (Å²) in [5, 5.41) is 14.9. The number of guanidine groups is 1. The van der Waals surface area contributed by atoms with E-state index in [2.05, 4.69) is 25.8 Å². The molecule has 148 valence electrons. The van der Waals surface area contributed by atoms with E-state index in [0.717, 1.165) is 49.8 Å². The Bertz CT molecular complexity index is 596. The molecule has 0 atom stereocenters. The summed E-state index contributed by atoms with van der Waals surface area (Å²) in [6, 6.07) is 0.324. The van der Waals surface area contributed by atoms with Crippen LogP contribution in [0.1, 0.15) is 51.2 Å². The van der Waals surface area contributed by atoms with Crippen LogP contribution in [-0.2, 0) is 23.1 Å². The minimum absolute atomic E-state index is 0. The van der Waals surface area contributed by atoms with Crippen molar-refractivity contribution in [2.75, 3.05) is 13.2 Å². The Hall–Kier alpha value is -1.39. The molecule has 0 unspecified atom stereocenters. The van der Waals surface area contributed by atoms with Gasteiger partial charge in [0.1, 0.15) is 12.4 Å². The van der Waals surface area contributed by atoms with Gasteiger partial charge in [-0.05, 0) is 46.5 Å². The molecular weight excluding hydrogens is 447 g/mol. The van der Waals surface area contributed by atoms with Crippen LogP contribution in [0.25, 0.3) is 0 Å². The van der Waals surface area contributed by atoms with E-state index < -0.39 is 0 Å². The molecule has 0 radical (unpaired) electrons. The molecule has 0 aromatic carbocycles. The van der Waals surface area contributed by atoms with Crippen LogP contribution >= 0.6 is 24.0 Å². The normalized spacial score (nSPS) is 20.2. The third-order valence-electron chi connectivity index (χ3n) is 4.59. The molecule has 0 saturated heterocycles. The van der Waals surface area contributed by atoms with Crippen LogP contribution in [0.5, 0.6) is 0 Å². The van der Waals surface area contributed by atoms with Crippen molar-refractivity contribution < 1.29 is 9.53 Å². The Balaban J connectivity index is 0.00000338. The minimum atomic E-state index is -0.0563. The largest absolute Gasteiger partial charge is 0.466 e. The topological polar surface area (TPSA) is 93.4 Å². The minimum Gasteiger partial charge on any atom is -0.466 e. The van der Waals surface area contributed by atoms with Gasteiger partial charge in [0, 0.05) is 19.6 Å². The summed E-state index contributed by atoms with van der Waals surface area (Å²) >= 11 is 0. The molecule has 2 rings (SSSR count). The summed E-state index contributed by atoms with van der Waals surface area (Å²) in [5.41, 5.74) is 0. The number of rotatable bonds is 6. The maximum atomic E-state index is 11.8. The van der Waals surface area contributed by atoms with Crippen molar-refractivity contribution in [2.45, 2.75) is 59.0 Å². The van der Waals surface area contributed by atoms with Crippen molar-refractivity contribution in [3.8, 4) is 0 Å². The molecule has 9 heteroatoms. The van der Waals surface area contributed by atoms with Crippen LogP contribution in [0.4, 0.5) is 0 Å². The third-order valence-corrected chi connectivity index (χ3v) is 4.59. The molecule has 8 nitrogen and oxygen atoms in total. The molecule has 1 aliphatic carbocycles. The summed E-state index contributed by atoms with van der Waals surface area (Å²) in [6.07, 6.45) is 3.60. The van der Waals surface area contributed by atoms with Gasteiger partial charge in [-0.25, -0.2) is 4.99 Å². The molecule has 26 heavy (non-hydrogen) atoms. The van der Waals surface area contributed by atoms with E-state index in [9.17, 15) is 4.79 Å². The Kier molecular flexibility index (Phi) is 9.89. The Labute approximate surface area is 172 Å². The van der Waals surface area contributed by atoms with Gasteiger partial charge in [0.2, 0.25) is 0 Å². The molecule has 1 heterocycles. The van der Waals surface area contributed by atoms with Gasteiger partial charge in [-0.3, -0.25) is 4.79 Å². The van der Waals surface area contributed by atoms with Crippen molar-refractivity contribution in [3.63, 3.8) is 0 Å². The number of aromatic nitrogens is 3. The number of carbonyl (C=O) groups excluding carboxylic acids is 1. The molecule has 1 aromatic rings. The summed E-state index contributed by atoms with van der Waals surface area (Å²) < 4.78 is 7.07. The summed E-state index contributed by atoms with van der Waals surface area (Å²) in [6.45, 7) is 7.54. The van der Waals surface area contributed by atoms with Crippen molar-refractivity contribution in [1.82, 2.24) is 25.4 Å². The average Bonchev–Trinajstić information content (AvgIpc) is 2.92. The quantitative estimate of drug-likeness (QED) is 0.281. The zero-order chi connectivity index (χ0) is 18.2. The monoisotopic (exact) mass is 478 g/mol. The van der Waals surface area contributed by atoms with E-state index >= 15 is 0 Å². The van der Waals surface area contributed by atoms with Gasteiger partial charge in [0.25, 0.3) is 0 Å². The lowest BCUT2D eigenvalue weighted by Crippen LogP contribution is -2.45. The molecule has 1 fully saturated rings. The number of nitrogens with zero attached hydrogens (tertiary/aromatic N) is 4. The first kappa shape index (κ1) is 22.7. The van der Waals surface area contributed by atoms with Gasteiger partial charge in [-0.1, -0.05) is 0 Å². The number of aryl methyl sites for hydroxylation is 1. The smallest absolute Gasteiger partial charge is 0.308 e. The number of ether oxygens (including phenoxy) is 1. The summed E-state index contributed by atoms with van der Waals surface area (Å²) in [5.74, 6) is 2.47. The molecule has 1 saturated carbocycles. The van der Waals surface area contributed by atoms with Crippen molar-refractivity contribution >= 4 is 35.9 Å². The van der Waals surface area contributed by atoms with Gasteiger partial charge in [-0.2, -0.15) is 0 Å². The van der Waals surface area contributed by atoms with Gasteiger partial charge in [0.15, 0.2) is 11.8 Å². The highest BCUT2D eigenvalue weighted by Gasteiger charge is 2.27. The fourth-order valence-corrected chi connectivity index (χ4v) is 2.99. The van der Waals surface area contributed by atoms with E-state index in [-0.39, 0.29) is 35.9 Å². The standard InChI is InChI=1S/C17H30N6O2.HI/c1-5-18-17(19-11-15-22-21-12(3)23(15)4)20-14-9-7-13(8-10-14)16(24)25-6-2;/h13-14H,5-11H2,1-4H3,(H2,18,19,20);1H. The van der Waals surface area contributed by atoms with E-state index in [0.29, 0.717) is 19.2 Å². The second kappa shape index (κ2) is 11.3. The number of aliphatic imine (C=N–C) groups is 1. The van der Waals surface area contributed by atoms with E-state index in [1.165, 1.54) is 0 Å². The highest BCUT2D eigenvalue weighted by atomic mass is 127. The number of halogens is 1. The lowest BCUT2D eigenvalue weighted by atomic mass is 9.86. The zero-order valence-corrected chi connectivity index (χ0v) is 18.4. The van der Waals surface area contributed by atoms with Crippen LogP contribution in [0, 0.1) is 12.8 Å². The lowest BCUT2D eigenvalue weighted by Gasteiger charge is -2.29. The highest BCUT2D eigenvalue weighted by molar-refractivity contribution is 14.0. The predicted octanol–water partition coefficient (Wildman–Crippen LogP) is 1.92. The number of hydrogen-bond donors (Lipinski definition) is 2. The molecule has 1 aliphatic rings. The predicted molar refractivity (Wildman–Crippen MR) is 111 cm³/mol. The van der Waals surface area contributed by atoms with Gasteiger partial charge >= 0.3 is 5.97 Å². The molecule has 1 aromatic heterocycles. The SMILES string of the molecule is CCNC(=NCc1nnc(C)n1C)NC1CCC(C(=O)OCC)CC1.I. The van der Waals surface area contributed by atoms with E-state index in [4.69, 9.17) is 4.74 Å². The average molecular weight is 478 g/mol. The van der Waals surface area contributed by atoms with Crippen molar-refractivity contribution in [3.05, 3.63) is 11.6 Å². The number of carbonyl (C=O) groups is 1. The van der Waals surface area contributed by atoms with Crippen molar-refractivity contribution in [2.24, 2.45) is 18.0 Å². The molecule has 0 spiro atoms. The van der Waals surface area contributed by atoms with Gasteiger partial charge < -0.3 is 19.9 Å². The second-order valence-corrected chi connectivity index (χ2v) is 6.36. The molecule has 0 aliphatic heterocycles. The summed E-state index contributed by atoms with van der Waals surface area (Å²) in [4.78, 5) is 16.4. The van der Waals surface area contributed by atoms with Gasteiger partial charge in [0.05, 0.1) is 12.5 Å². The zero-order valence-electron chi connectivity index (χ0n) is 16.1. The van der Waals surface area contributed by atoms with Crippen LogP contribution in [0.2, 0.25) is 0 Å². The Morgan fingerprint density at radius 2 is 1.96 bits per heavy atom. The first-order valence-corrected chi connectivity index (χ1v) is 9.11.